The van der Waals surface area contributed by atoms with Crippen molar-refractivity contribution >= 4 is 28.3 Å². The summed E-state index contributed by atoms with van der Waals surface area (Å²) in [6.07, 6.45) is -1.43. The minimum absolute atomic E-state index is 0.0604. The average Bonchev–Trinajstić information content (AvgIpc) is 3.12. The molecule has 0 spiro atoms. The van der Waals surface area contributed by atoms with Crippen LogP contribution >= 0.6 is 22.6 Å². The number of halogens is 1. The van der Waals surface area contributed by atoms with Gasteiger partial charge in [0.05, 0.1) is 41.5 Å². The van der Waals surface area contributed by atoms with E-state index in [1.807, 2.05) is 36.4 Å². The summed E-state index contributed by atoms with van der Waals surface area (Å²) in [4.78, 5) is 38.1. The number of rotatable bonds is 9. The monoisotopic (exact) mass is 575 g/mol. The van der Waals surface area contributed by atoms with Gasteiger partial charge in [-0.1, -0.05) is 13.8 Å². The Balaban J connectivity index is 1.88. The van der Waals surface area contributed by atoms with Crippen LogP contribution in [0.3, 0.4) is 0 Å². The topological polar surface area (TPSA) is 157 Å². The molecule has 1 aliphatic rings. The summed E-state index contributed by atoms with van der Waals surface area (Å²) >= 11 is 2.00. The van der Waals surface area contributed by atoms with Crippen LogP contribution in [0.5, 0.6) is 0 Å². The summed E-state index contributed by atoms with van der Waals surface area (Å²) in [5.74, 6) is 0.157. The van der Waals surface area contributed by atoms with Crippen LogP contribution in [-0.2, 0) is 16.1 Å². The van der Waals surface area contributed by atoms with Crippen LogP contribution in [0.2, 0.25) is 0 Å². The van der Waals surface area contributed by atoms with Gasteiger partial charge in [-0.2, -0.15) is 0 Å². The highest BCUT2D eigenvalue weighted by atomic mass is 127. The van der Waals surface area contributed by atoms with E-state index in [0.29, 0.717) is 12.0 Å². The predicted molar refractivity (Wildman–Crippen MR) is 126 cm³/mol. The second-order valence-corrected chi connectivity index (χ2v) is 9.57. The van der Waals surface area contributed by atoms with Gasteiger partial charge >= 0.3 is 5.69 Å². The molecule has 11 nitrogen and oxygen atoms in total. The summed E-state index contributed by atoms with van der Waals surface area (Å²) in [5.41, 5.74) is -0.885. The number of hydrogen-bond acceptors (Lipinski definition) is 8. The van der Waals surface area contributed by atoms with Gasteiger partial charge in [0.25, 0.3) is 11.2 Å². The third kappa shape index (κ3) is 6.06. The Morgan fingerprint density at radius 1 is 1.39 bits per heavy atom. The lowest BCUT2D eigenvalue weighted by atomic mass is 9.98. The predicted octanol–water partition coefficient (Wildman–Crippen LogP) is 1.99. The molecule has 2 heterocycles. The lowest BCUT2D eigenvalue weighted by Crippen LogP contribution is -2.34. The smallest absolute Gasteiger partial charge is 0.330 e. The maximum absolute atomic E-state index is 12.4. The van der Waals surface area contributed by atoms with Crippen molar-refractivity contribution in [2.45, 2.75) is 57.8 Å². The summed E-state index contributed by atoms with van der Waals surface area (Å²) in [5, 5.41) is 30.8. The molecule has 1 aliphatic heterocycles. The molecule has 3 N–H and O–H groups in total. The van der Waals surface area contributed by atoms with Crippen molar-refractivity contribution in [3.05, 3.63) is 70.0 Å². The first kappa shape index (κ1) is 25.5. The molecule has 12 heteroatoms. The Bertz CT molecular complexity index is 1120. The van der Waals surface area contributed by atoms with Crippen LogP contribution in [0.15, 0.2) is 34.0 Å². The summed E-state index contributed by atoms with van der Waals surface area (Å²) in [7, 11) is 0. The fourth-order valence-electron chi connectivity index (χ4n) is 3.74. The van der Waals surface area contributed by atoms with E-state index in [0.717, 1.165) is 8.14 Å². The Morgan fingerprint density at radius 3 is 2.73 bits per heavy atom. The van der Waals surface area contributed by atoms with Crippen LogP contribution in [-0.4, -0.2) is 43.5 Å². The fourth-order valence-corrected chi connectivity index (χ4v) is 4.22. The standard InChI is InChI=1S/C21H26IN3O8/c1-11(2)5-17(14-4-3-13(22)6-15(14)25(30)31)32-10-12-8-24(21(29)23-20(12)28)19-7-16(27)18(9-26)33-19/h3-4,6,8,11,16-19,26-27H,5,7,9-10H2,1-2H3,(H,23,28,29)/t16-,17-,18-,19-/m1/s1. The highest BCUT2D eigenvalue weighted by molar-refractivity contribution is 14.1. The van der Waals surface area contributed by atoms with Gasteiger partial charge in [-0.05, 0) is 47.1 Å². The van der Waals surface area contributed by atoms with Crippen molar-refractivity contribution in [3.8, 4) is 0 Å². The van der Waals surface area contributed by atoms with E-state index in [-0.39, 0.29) is 30.2 Å². The number of ether oxygens (including phenoxy) is 2. The van der Waals surface area contributed by atoms with E-state index in [2.05, 4.69) is 4.98 Å². The first-order valence-electron chi connectivity index (χ1n) is 10.4. The van der Waals surface area contributed by atoms with Gasteiger partial charge in [-0.25, -0.2) is 4.79 Å². The second-order valence-electron chi connectivity index (χ2n) is 8.33. The van der Waals surface area contributed by atoms with E-state index in [9.17, 15) is 29.9 Å². The van der Waals surface area contributed by atoms with Crippen LogP contribution in [0.25, 0.3) is 0 Å². The Labute approximate surface area is 202 Å². The van der Waals surface area contributed by atoms with E-state index in [1.54, 1.807) is 12.1 Å². The maximum Gasteiger partial charge on any atom is 0.330 e. The molecule has 0 aliphatic carbocycles. The third-order valence-electron chi connectivity index (χ3n) is 5.40. The molecule has 2 aromatic rings. The average molecular weight is 575 g/mol. The van der Waals surface area contributed by atoms with Crippen LogP contribution < -0.4 is 11.2 Å². The van der Waals surface area contributed by atoms with Gasteiger partial charge in [0.2, 0.25) is 0 Å². The molecule has 4 atom stereocenters. The molecular weight excluding hydrogens is 549 g/mol. The SMILES string of the molecule is CC(C)C[C@@H](OCc1cn([C@H]2C[C@@H](O)[C@@H](CO)O2)c(=O)[nH]c1=O)c1ccc(I)cc1[N+](=O)[O-]. The van der Waals surface area contributed by atoms with Gasteiger partial charge in [-0.3, -0.25) is 24.5 Å². The summed E-state index contributed by atoms with van der Waals surface area (Å²) < 4.78 is 13.4. The first-order chi connectivity index (χ1) is 15.6. The quantitative estimate of drug-likeness (QED) is 0.233. The molecule has 0 amide bonds. The highest BCUT2D eigenvalue weighted by Crippen LogP contribution is 2.34. The Morgan fingerprint density at radius 2 is 2.12 bits per heavy atom. The second kappa shape index (κ2) is 10.9. The number of nitrogens with zero attached hydrogens (tertiary/aromatic N) is 2. The van der Waals surface area contributed by atoms with Crippen molar-refractivity contribution in [1.82, 2.24) is 9.55 Å². The summed E-state index contributed by atoms with van der Waals surface area (Å²) in [6.45, 7) is 3.32. The van der Waals surface area contributed by atoms with Crippen LogP contribution in [0.4, 0.5) is 5.69 Å². The molecule has 0 unspecified atom stereocenters. The fraction of sp³-hybridized carbons (Fsp3) is 0.524. The number of hydrogen-bond donors (Lipinski definition) is 3. The number of aromatic nitrogens is 2. The van der Waals surface area contributed by atoms with E-state index in [1.165, 1.54) is 12.3 Å². The molecule has 180 valence electrons. The van der Waals surface area contributed by atoms with Crippen molar-refractivity contribution in [3.63, 3.8) is 0 Å². The molecule has 1 aromatic carbocycles. The molecule has 1 fully saturated rings. The van der Waals surface area contributed by atoms with E-state index < -0.39 is 47.3 Å². The maximum atomic E-state index is 12.4. The molecule has 0 radical (unpaired) electrons. The summed E-state index contributed by atoms with van der Waals surface area (Å²) in [6, 6.07) is 4.88. The molecular formula is C21H26IN3O8. The van der Waals surface area contributed by atoms with Crippen molar-refractivity contribution < 1.29 is 24.6 Å². The molecule has 1 aromatic heterocycles. The number of aliphatic hydroxyl groups excluding tert-OH is 2. The third-order valence-corrected chi connectivity index (χ3v) is 6.07. The van der Waals surface area contributed by atoms with Crippen LogP contribution in [0.1, 0.15) is 50.1 Å². The normalized spacial score (nSPS) is 21.5. The molecule has 0 saturated carbocycles. The van der Waals surface area contributed by atoms with Gasteiger partial charge in [0.1, 0.15) is 12.3 Å². The molecule has 3 rings (SSSR count). The molecule has 33 heavy (non-hydrogen) atoms. The number of nitro groups is 1. The van der Waals surface area contributed by atoms with Crippen molar-refractivity contribution in [2.75, 3.05) is 6.61 Å². The van der Waals surface area contributed by atoms with Gasteiger partial charge in [-0.15, -0.1) is 0 Å². The van der Waals surface area contributed by atoms with Gasteiger partial charge < -0.3 is 19.7 Å². The number of nitrogens with one attached hydrogen (secondary N) is 1. The number of H-pyrrole nitrogens is 1. The molecule has 0 bridgehead atoms. The van der Waals surface area contributed by atoms with Gasteiger partial charge in [0, 0.05) is 22.3 Å². The minimum atomic E-state index is -0.949. The molecule has 1 saturated heterocycles. The number of aromatic amines is 1. The number of aliphatic hydroxyl groups is 2. The first-order valence-corrected chi connectivity index (χ1v) is 11.5. The number of nitro benzene ring substituents is 1. The zero-order chi connectivity index (χ0) is 24.3. The lowest BCUT2D eigenvalue weighted by Gasteiger charge is -2.21. The van der Waals surface area contributed by atoms with E-state index in [4.69, 9.17) is 9.47 Å². The largest absolute Gasteiger partial charge is 0.394 e. The minimum Gasteiger partial charge on any atom is -0.394 e. The van der Waals surface area contributed by atoms with E-state index >= 15 is 0 Å². The lowest BCUT2D eigenvalue weighted by molar-refractivity contribution is -0.386. The van der Waals surface area contributed by atoms with Gasteiger partial charge in [0.15, 0.2) is 0 Å². The highest BCUT2D eigenvalue weighted by Gasteiger charge is 2.35. The number of benzene rings is 1. The zero-order valence-corrected chi connectivity index (χ0v) is 20.3. The Kier molecular flexibility index (Phi) is 8.39. The zero-order valence-electron chi connectivity index (χ0n) is 18.1. The van der Waals surface area contributed by atoms with Crippen molar-refractivity contribution in [2.24, 2.45) is 5.92 Å². The Hall–Kier alpha value is -2.13. The van der Waals surface area contributed by atoms with Crippen molar-refractivity contribution in [1.29, 1.82) is 0 Å². The van der Waals surface area contributed by atoms with Crippen LogP contribution in [0, 0.1) is 19.6 Å².